The number of hydrogen-bond donors (Lipinski definition) is 1. The number of anilines is 1. The predicted octanol–water partition coefficient (Wildman–Crippen LogP) is 4.96. The van der Waals surface area contributed by atoms with Crippen LogP contribution in [0.1, 0.15) is 42.9 Å². The molecule has 0 aliphatic carbocycles. The molecule has 1 atom stereocenters. The zero-order valence-electron chi connectivity index (χ0n) is 13.9. The molecule has 3 rings (SSSR count). The van der Waals surface area contributed by atoms with Crippen LogP contribution in [0.25, 0.3) is 0 Å². The average Bonchev–Trinajstić information content (AvgIpc) is 2.61. The van der Waals surface area contributed by atoms with Crippen molar-refractivity contribution in [3.8, 4) is 0 Å². The van der Waals surface area contributed by atoms with Gasteiger partial charge in [0.05, 0.1) is 0 Å². The van der Waals surface area contributed by atoms with Crippen molar-refractivity contribution < 1.29 is 0 Å². The zero-order valence-corrected chi connectivity index (χ0v) is 14.7. The van der Waals surface area contributed by atoms with Crippen molar-refractivity contribution in [1.29, 1.82) is 0 Å². The van der Waals surface area contributed by atoms with E-state index in [9.17, 15) is 0 Å². The molecule has 1 unspecified atom stereocenters. The lowest BCUT2D eigenvalue weighted by Crippen LogP contribution is -2.38. The summed E-state index contributed by atoms with van der Waals surface area (Å²) in [6, 6.07) is 17.3. The van der Waals surface area contributed by atoms with Gasteiger partial charge in [0.25, 0.3) is 0 Å². The van der Waals surface area contributed by atoms with Crippen molar-refractivity contribution in [3.05, 3.63) is 65.2 Å². The quantitative estimate of drug-likeness (QED) is 0.804. The van der Waals surface area contributed by atoms with Gasteiger partial charge in [0.2, 0.25) is 0 Å². The maximum absolute atomic E-state index is 5.61. The van der Waals surface area contributed by atoms with Gasteiger partial charge in [-0.05, 0) is 59.8 Å². The molecule has 0 saturated heterocycles. The molecule has 2 aromatic carbocycles. The van der Waals surface area contributed by atoms with E-state index in [0.717, 1.165) is 30.3 Å². The van der Waals surface area contributed by atoms with Crippen LogP contribution in [0.15, 0.2) is 48.5 Å². The van der Waals surface area contributed by atoms with E-state index >= 15 is 0 Å². The molecular weight excluding hydrogens is 300 g/mol. The van der Waals surface area contributed by atoms with Gasteiger partial charge in [0.1, 0.15) is 0 Å². The van der Waals surface area contributed by atoms with Gasteiger partial charge in [-0.25, -0.2) is 0 Å². The molecule has 0 spiro atoms. The minimum Gasteiger partial charge on any atom is -0.344 e. The standard InChI is InChI=1S/C20H24N2S/c1-3-15(2)16-8-10-19(11-9-16)21-20(23)22-13-12-17-6-4-5-7-18(17)14-22/h4-11,15H,3,12-14H2,1-2H3,(H,21,23). The third kappa shape index (κ3) is 3.73. The smallest absolute Gasteiger partial charge is 0.173 e. The first kappa shape index (κ1) is 16.0. The molecule has 1 aliphatic heterocycles. The lowest BCUT2D eigenvalue weighted by atomic mass is 9.98. The number of thiocarbonyl (C=S) groups is 1. The van der Waals surface area contributed by atoms with E-state index in [2.05, 4.69) is 72.6 Å². The number of nitrogens with one attached hydrogen (secondary N) is 1. The topological polar surface area (TPSA) is 15.3 Å². The highest BCUT2D eigenvalue weighted by Gasteiger charge is 2.17. The minimum absolute atomic E-state index is 0.606. The summed E-state index contributed by atoms with van der Waals surface area (Å²) in [5.41, 5.74) is 5.29. The Balaban J connectivity index is 1.64. The lowest BCUT2D eigenvalue weighted by Gasteiger charge is -2.31. The van der Waals surface area contributed by atoms with Crippen molar-refractivity contribution in [1.82, 2.24) is 4.90 Å². The van der Waals surface area contributed by atoms with E-state index < -0.39 is 0 Å². The SMILES string of the molecule is CCC(C)c1ccc(NC(=S)N2CCc3ccccc3C2)cc1. The summed E-state index contributed by atoms with van der Waals surface area (Å²) in [6.45, 7) is 6.36. The van der Waals surface area contributed by atoms with E-state index in [1.165, 1.54) is 23.1 Å². The van der Waals surface area contributed by atoms with Crippen LogP contribution in [0.4, 0.5) is 5.69 Å². The van der Waals surface area contributed by atoms with Gasteiger partial charge < -0.3 is 10.2 Å². The maximum Gasteiger partial charge on any atom is 0.173 e. The molecular formula is C20H24N2S. The van der Waals surface area contributed by atoms with Gasteiger partial charge in [-0.15, -0.1) is 0 Å². The largest absolute Gasteiger partial charge is 0.344 e. The molecule has 1 aliphatic rings. The molecule has 23 heavy (non-hydrogen) atoms. The summed E-state index contributed by atoms with van der Waals surface area (Å²) in [4.78, 5) is 2.25. The van der Waals surface area contributed by atoms with Gasteiger partial charge in [0.15, 0.2) is 5.11 Å². The van der Waals surface area contributed by atoms with Crippen molar-refractivity contribution in [2.75, 3.05) is 11.9 Å². The molecule has 0 radical (unpaired) electrons. The molecule has 1 N–H and O–H groups in total. The second kappa shape index (κ2) is 7.14. The summed E-state index contributed by atoms with van der Waals surface area (Å²) >= 11 is 5.61. The summed E-state index contributed by atoms with van der Waals surface area (Å²) in [6.07, 6.45) is 2.23. The summed E-state index contributed by atoms with van der Waals surface area (Å²) in [5, 5.41) is 4.20. The van der Waals surface area contributed by atoms with E-state index in [-0.39, 0.29) is 0 Å². The predicted molar refractivity (Wildman–Crippen MR) is 102 cm³/mol. The van der Waals surface area contributed by atoms with Crippen molar-refractivity contribution in [2.24, 2.45) is 0 Å². The Bertz CT molecular complexity index is 678. The highest BCUT2D eigenvalue weighted by atomic mass is 32.1. The second-order valence-corrected chi connectivity index (χ2v) is 6.69. The number of nitrogens with zero attached hydrogens (tertiary/aromatic N) is 1. The first-order valence-electron chi connectivity index (χ1n) is 8.40. The van der Waals surface area contributed by atoms with Crippen LogP contribution in [-0.4, -0.2) is 16.6 Å². The Hall–Kier alpha value is -1.87. The molecule has 2 aromatic rings. The van der Waals surface area contributed by atoms with E-state index in [1.807, 2.05) is 0 Å². The molecule has 0 aromatic heterocycles. The van der Waals surface area contributed by atoms with Gasteiger partial charge >= 0.3 is 0 Å². The Kier molecular flexibility index (Phi) is 4.97. The molecule has 0 amide bonds. The zero-order chi connectivity index (χ0) is 16.2. The van der Waals surface area contributed by atoms with E-state index in [4.69, 9.17) is 12.2 Å². The Morgan fingerprint density at radius 1 is 1.13 bits per heavy atom. The molecule has 1 heterocycles. The first-order chi connectivity index (χ1) is 11.2. The van der Waals surface area contributed by atoms with E-state index in [0.29, 0.717) is 5.92 Å². The number of hydrogen-bond acceptors (Lipinski definition) is 1. The molecule has 2 nitrogen and oxygen atoms in total. The fourth-order valence-corrected chi connectivity index (χ4v) is 3.28. The Morgan fingerprint density at radius 3 is 2.52 bits per heavy atom. The summed E-state index contributed by atoms with van der Waals surface area (Å²) in [5.74, 6) is 0.606. The van der Waals surface area contributed by atoms with Crippen LogP contribution >= 0.6 is 12.2 Å². The Labute approximate surface area is 144 Å². The number of rotatable bonds is 3. The van der Waals surface area contributed by atoms with Crippen molar-refractivity contribution >= 4 is 23.0 Å². The molecule has 120 valence electrons. The Morgan fingerprint density at radius 2 is 1.83 bits per heavy atom. The van der Waals surface area contributed by atoms with Gasteiger partial charge in [0, 0.05) is 18.8 Å². The van der Waals surface area contributed by atoms with Crippen LogP contribution in [0, 0.1) is 0 Å². The maximum atomic E-state index is 5.61. The molecule has 0 fully saturated rings. The number of benzene rings is 2. The fourth-order valence-electron chi connectivity index (χ4n) is 3.00. The van der Waals surface area contributed by atoms with Crippen LogP contribution in [0.3, 0.4) is 0 Å². The molecule has 0 saturated carbocycles. The van der Waals surface area contributed by atoms with E-state index in [1.54, 1.807) is 0 Å². The van der Waals surface area contributed by atoms with Crippen LogP contribution in [-0.2, 0) is 13.0 Å². The summed E-state index contributed by atoms with van der Waals surface area (Å²) < 4.78 is 0. The van der Waals surface area contributed by atoms with Crippen LogP contribution < -0.4 is 5.32 Å². The number of fused-ring (bicyclic) bond motifs is 1. The van der Waals surface area contributed by atoms with Crippen LogP contribution in [0.2, 0.25) is 0 Å². The van der Waals surface area contributed by atoms with Gasteiger partial charge in [-0.3, -0.25) is 0 Å². The fraction of sp³-hybridized carbons (Fsp3) is 0.350. The second-order valence-electron chi connectivity index (χ2n) is 6.30. The third-order valence-electron chi connectivity index (χ3n) is 4.76. The minimum atomic E-state index is 0.606. The summed E-state index contributed by atoms with van der Waals surface area (Å²) in [7, 11) is 0. The molecule has 3 heteroatoms. The molecule has 0 bridgehead atoms. The van der Waals surface area contributed by atoms with Crippen LogP contribution in [0.5, 0.6) is 0 Å². The lowest BCUT2D eigenvalue weighted by molar-refractivity contribution is 0.399. The monoisotopic (exact) mass is 324 g/mol. The van der Waals surface area contributed by atoms with Crippen molar-refractivity contribution in [3.63, 3.8) is 0 Å². The van der Waals surface area contributed by atoms with Crippen molar-refractivity contribution in [2.45, 2.75) is 39.2 Å². The average molecular weight is 324 g/mol. The third-order valence-corrected chi connectivity index (χ3v) is 5.12. The normalized spacial score (nSPS) is 15.0. The highest BCUT2D eigenvalue weighted by molar-refractivity contribution is 7.80. The van der Waals surface area contributed by atoms with Gasteiger partial charge in [-0.1, -0.05) is 50.2 Å². The first-order valence-corrected chi connectivity index (χ1v) is 8.81. The highest BCUT2D eigenvalue weighted by Crippen LogP contribution is 2.22. The van der Waals surface area contributed by atoms with Gasteiger partial charge in [-0.2, -0.15) is 0 Å².